The van der Waals surface area contributed by atoms with Crippen LogP contribution in [0.5, 0.6) is 0 Å². The first-order chi connectivity index (χ1) is 11.9. The maximum atomic E-state index is 12.3. The molecule has 0 aliphatic heterocycles. The van der Waals surface area contributed by atoms with Crippen molar-refractivity contribution in [2.24, 2.45) is 0 Å². The Hall–Kier alpha value is -2.47. The molecule has 2 aromatic carbocycles. The molecule has 0 saturated carbocycles. The summed E-state index contributed by atoms with van der Waals surface area (Å²) in [4.78, 5) is 25.6. The highest BCUT2D eigenvalue weighted by atomic mass is 32.2. The number of nitrogens with zero attached hydrogens (tertiary/aromatic N) is 1. The Morgan fingerprint density at radius 2 is 1.68 bits per heavy atom. The lowest BCUT2D eigenvalue weighted by Gasteiger charge is -2.11. The Kier molecular flexibility index (Phi) is 6.47. The predicted octanol–water partition coefficient (Wildman–Crippen LogP) is 2.20. The number of nitrogens with one attached hydrogen (secondary N) is 1. The van der Waals surface area contributed by atoms with Crippen molar-refractivity contribution in [1.82, 2.24) is 10.2 Å². The maximum absolute atomic E-state index is 12.3. The van der Waals surface area contributed by atoms with Gasteiger partial charge >= 0.3 is 0 Å². The lowest BCUT2D eigenvalue weighted by molar-refractivity contribution is 0.0827. The average molecular weight is 358 g/mol. The molecule has 0 aliphatic rings. The van der Waals surface area contributed by atoms with Crippen LogP contribution in [0.3, 0.4) is 0 Å². The molecule has 25 heavy (non-hydrogen) atoms. The summed E-state index contributed by atoms with van der Waals surface area (Å²) in [6.07, 6.45) is 1.64. The topological polar surface area (TPSA) is 66.5 Å². The second-order valence-corrected chi connectivity index (χ2v) is 7.43. The van der Waals surface area contributed by atoms with Crippen molar-refractivity contribution in [3.05, 3.63) is 70.8 Å². The van der Waals surface area contributed by atoms with Crippen molar-refractivity contribution in [3.63, 3.8) is 0 Å². The van der Waals surface area contributed by atoms with Crippen molar-refractivity contribution in [3.8, 4) is 0 Å². The van der Waals surface area contributed by atoms with Crippen LogP contribution in [-0.4, -0.2) is 41.3 Å². The van der Waals surface area contributed by atoms with Crippen LogP contribution in [0.1, 0.15) is 31.8 Å². The molecule has 1 N–H and O–H groups in total. The van der Waals surface area contributed by atoms with E-state index >= 15 is 0 Å². The molecule has 0 aromatic heterocycles. The molecular formula is C19H22N2O3S. The fraction of sp³-hybridized carbons (Fsp3) is 0.263. The van der Waals surface area contributed by atoms with E-state index in [1.165, 1.54) is 4.90 Å². The van der Waals surface area contributed by atoms with Gasteiger partial charge in [0.05, 0.1) is 0 Å². The van der Waals surface area contributed by atoms with Crippen LogP contribution in [0.2, 0.25) is 0 Å². The van der Waals surface area contributed by atoms with E-state index in [9.17, 15) is 13.8 Å². The highest BCUT2D eigenvalue weighted by Crippen LogP contribution is 2.09. The van der Waals surface area contributed by atoms with Gasteiger partial charge in [-0.3, -0.25) is 13.8 Å². The quantitative estimate of drug-likeness (QED) is 0.861. The third-order valence-corrected chi connectivity index (χ3v) is 4.36. The second kappa shape index (κ2) is 8.58. The van der Waals surface area contributed by atoms with Gasteiger partial charge in [-0.2, -0.15) is 0 Å². The Morgan fingerprint density at radius 3 is 2.28 bits per heavy atom. The molecule has 2 rings (SSSR count). The molecule has 0 spiro atoms. The summed E-state index contributed by atoms with van der Waals surface area (Å²) in [6.45, 7) is 0.374. The molecule has 0 aliphatic carbocycles. The average Bonchev–Trinajstić information content (AvgIpc) is 2.59. The lowest BCUT2D eigenvalue weighted by Crippen LogP contribution is -2.23. The van der Waals surface area contributed by atoms with Gasteiger partial charge in [0.15, 0.2) is 0 Å². The van der Waals surface area contributed by atoms with Crippen LogP contribution in [0, 0.1) is 0 Å². The van der Waals surface area contributed by atoms with Crippen LogP contribution < -0.4 is 5.32 Å². The summed E-state index contributed by atoms with van der Waals surface area (Å²) >= 11 is 0. The zero-order valence-electron chi connectivity index (χ0n) is 14.6. The van der Waals surface area contributed by atoms with Crippen LogP contribution in [0.4, 0.5) is 0 Å². The van der Waals surface area contributed by atoms with Crippen molar-refractivity contribution in [2.45, 2.75) is 12.3 Å². The van der Waals surface area contributed by atoms with Gasteiger partial charge < -0.3 is 10.2 Å². The van der Waals surface area contributed by atoms with Gasteiger partial charge in [-0.05, 0) is 35.4 Å². The summed E-state index contributed by atoms with van der Waals surface area (Å²) < 4.78 is 11.3. The Balaban J connectivity index is 1.98. The van der Waals surface area contributed by atoms with Crippen LogP contribution in [-0.2, 0) is 23.1 Å². The number of carbonyl (C=O) groups excluding carboxylic acids is 2. The molecule has 0 saturated heterocycles. The largest absolute Gasteiger partial charge is 0.348 e. The predicted molar refractivity (Wildman–Crippen MR) is 99.8 cm³/mol. The maximum Gasteiger partial charge on any atom is 0.253 e. The third kappa shape index (κ3) is 5.53. The van der Waals surface area contributed by atoms with Crippen LogP contribution in [0.25, 0.3) is 0 Å². The minimum Gasteiger partial charge on any atom is -0.348 e. The first kappa shape index (κ1) is 18.9. The number of amides is 2. The summed E-state index contributed by atoms with van der Waals surface area (Å²) in [7, 11) is 2.47. The Morgan fingerprint density at radius 1 is 1.00 bits per heavy atom. The fourth-order valence-electron chi connectivity index (χ4n) is 2.34. The fourth-order valence-corrected chi connectivity index (χ4v) is 2.99. The van der Waals surface area contributed by atoms with E-state index in [2.05, 4.69) is 5.32 Å². The molecule has 2 amide bonds. The first-order valence-electron chi connectivity index (χ1n) is 7.84. The number of benzene rings is 2. The van der Waals surface area contributed by atoms with Gasteiger partial charge in [0.2, 0.25) is 0 Å². The van der Waals surface area contributed by atoms with Gasteiger partial charge in [0, 0.05) is 54.6 Å². The van der Waals surface area contributed by atoms with Crippen molar-refractivity contribution in [1.29, 1.82) is 0 Å². The number of carbonyl (C=O) groups is 2. The molecule has 0 bridgehead atoms. The molecule has 1 unspecified atom stereocenters. The summed E-state index contributed by atoms with van der Waals surface area (Å²) in [6, 6.07) is 14.3. The van der Waals surface area contributed by atoms with E-state index in [1.54, 1.807) is 50.7 Å². The first-order valence-corrected chi connectivity index (χ1v) is 9.57. The molecule has 0 radical (unpaired) electrons. The molecule has 132 valence electrons. The van der Waals surface area contributed by atoms with Gasteiger partial charge in [0.25, 0.3) is 11.8 Å². The SMILES string of the molecule is CN(C)C(=O)c1ccc(CNC(=O)c2cccc(CS(C)=O)c2)cc1. The van der Waals surface area contributed by atoms with Crippen molar-refractivity contribution >= 4 is 22.6 Å². The number of rotatable bonds is 6. The molecule has 5 nitrogen and oxygen atoms in total. The van der Waals surface area contributed by atoms with Crippen LogP contribution in [0.15, 0.2) is 48.5 Å². The zero-order chi connectivity index (χ0) is 18.4. The Labute approximate surface area is 150 Å². The third-order valence-electron chi connectivity index (χ3n) is 3.62. The molecule has 6 heteroatoms. The van der Waals surface area contributed by atoms with E-state index in [4.69, 9.17) is 0 Å². The van der Waals surface area contributed by atoms with Gasteiger partial charge in [-0.1, -0.05) is 24.3 Å². The molecule has 1 atom stereocenters. The summed E-state index contributed by atoms with van der Waals surface area (Å²) in [5, 5.41) is 2.86. The summed E-state index contributed by atoms with van der Waals surface area (Å²) in [5.74, 6) is 0.195. The highest BCUT2D eigenvalue weighted by molar-refractivity contribution is 7.83. The normalized spacial score (nSPS) is 11.6. The van der Waals surface area contributed by atoms with E-state index in [-0.39, 0.29) is 11.8 Å². The monoisotopic (exact) mass is 358 g/mol. The van der Waals surface area contributed by atoms with E-state index < -0.39 is 10.8 Å². The molecule has 0 fully saturated rings. The van der Waals surface area contributed by atoms with Crippen LogP contribution >= 0.6 is 0 Å². The zero-order valence-corrected chi connectivity index (χ0v) is 15.4. The van der Waals surface area contributed by atoms with Gasteiger partial charge in [0.1, 0.15) is 0 Å². The lowest BCUT2D eigenvalue weighted by atomic mass is 10.1. The minimum absolute atomic E-state index is 0.0549. The standard InChI is InChI=1S/C19H22N2O3S/c1-21(2)19(23)16-9-7-14(8-10-16)12-20-18(22)17-6-4-5-15(11-17)13-25(3)24/h4-11H,12-13H2,1-3H3,(H,20,22). The second-order valence-electron chi connectivity index (χ2n) is 6.00. The number of hydrogen-bond donors (Lipinski definition) is 1. The van der Waals surface area contributed by atoms with Gasteiger partial charge in [-0.25, -0.2) is 0 Å². The number of hydrogen-bond acceptors (Lipinski definition) is 3. The van der Waals surface area contributed by atoms with E-state index in [0.29, 0.717) is 23.4 Å². The van der Waals surface area contributed by atoms with E-state index in [0.717, 1.165) is 11.1 Å². The molecule has 0 heterocycles. The summed E-state index contributed by atoms with van der Waals surface area (Å²) in [5.41, 5.74) is 2.94. The van der Waals surface area contributed by atoms with Crippen molar-refractivity contribution in [2.75, 3.05) is 20.4 Å². The smallest absolute Gasteiger partial charge is 0.253 e. The van der Waals surface area contributed by atoms with E-state index in [1.807, 2.05) is 18.2 Å². The van der Waals surface area contributed by atoms with Crippen molar-refractivity contribution < 1.29 is 13.8 Å². The minimum atomic E-state index is -0.944. The molecular weight excluding hydrogens is 336 g/mol. The highest BCUT2D eigenvalue weighted by Gasteiger charge is 2.09. The van der Waals surface area contributed by atoms with Gasteiger partial charge in [-0.15, -0.1) is 0 Å². The Bertz CT molecular complexity index is 786. The molecule has 2 aromatic rings.